The average molecular weight is 291 g/mol. The van der Waals surface area contributed by atoms with Crippen LogP contribution in [0.15, 0.2) is 18.2 Å². The number of rotatable bonds is 4. The van der Waals surface area contributed by atoms with Crippen LogP contribution in [-0.4, -0.2) is 47.5 Å². The molecule has 1 saturated heterocycles. The number of hydrogen-bond donors (Lipinski definition) is 1. The summed E-state index contributed by atoms with van der Waals surface area (Å²) in [5, 5.41) is 2.90. The van der Waals surface area contributed by atoms with Crippen molar-refractivity contribution in [3.05, 3.63) is 29.6 Å². The van der Waals surface area contributed by atoms with Gasteiger partial charge in [0, 0.05) is 19.6 Å². The van der Waals surface area contributed by atoms with Crippen LogP contribution in [0, 0.1) is 0 Å². The summed E-state index contributed by atoms with van der Waals surface area (Å²) < 4.78 is 4.68. The van der Waals surface area contributed by atoms with Crippen molar-refractivity contribution in [3.63, 3.8) is 0 Å². The predicted octanol–water partition coefficient (Wildman–Crippen LogP) is 0.969. The second-order valence-corrected chi connectivity index (χ2v) is 5.31. The molecule has 1 amide bonds. The van der Waals surface area contributed by atoms with Crippen molar-refractivity contribution in [1.82, 2.24) is 15.2 Å². The molecule has 2 heterocycles. The SMILES string of the molecule is CC[C@]1(C)C(=O)NCCN1Cc1cccc(C(=O)OC)n1. The quantitative estimate of drug-likeness (QED) is 0.837. The molecule has 1 atom stereocenters. The number of pyridine rings is 1. The van der Waals surface area contributed by atoms with E-state index in [4.69, 9.17) is 0 Å². The van der Waals surface area contributed by atoms with Gasteiger partial charge in [-0.1, -0.05) is 13.0 Å². The Morgan fingerprint density at radius 2 is 2.29 bits per heavy atom. The molecule has 6 heteroatoms. The van der Waals surface area contributed by atoms with Gasteiger partial charge in [-0.15, -0.1) is 0 Å². The van der Waals surface area contributed by atoms with E-state index in [-0.39, 0.29) is 11.6 Å². The number of piperazine rings is 1. The minimum Gasteiger partial charge on any atom is -0.464 e. The molecule has 0 radical (unpaired) electrons. The number of carbonyl (C=O) groups is 2. The number of nitrogens with zero attached hydrogens (tertiary/aromatic N) is 2. The number of nitrogens with one attached hydrogen (secondary N) is 1. The highest BCUT2D eigenvalue weighted by molar-refractivity contribution is 5.87. The molecule has 0 unspecified atom stereocenters. The minimum absolute atomic E-state index is 0.0420. The largest absolute Gasteiger partial charge is 0.464 e. The van der Waals surface area contributed by atoms with Crippen LogP contribution in [0.2, 0.25) is 0 Å². The summed E-state index contributed by atoms with van der Waals surface area (Å²) in [6.07, 6.45) is 0.718. The lowest BCUT2D eigenvalue weighted by Crippen LogP contribution is -2.62. The van der Waals surface area contributed by atoms with Crippen molar-refractivity contribution < 1.29 is 14.3 Å². The van der Waals surface area contributed by atoms with E-state index < -0.39 is 11.5 Å². The van der Waals surface area contributed by atoms with Crippen LogP contribution in [0.1, 0.15) is 36.5 Å². The van der Waals surface area contributed by atoms with Crippen molar-refractivity contribution in [3.8, 4) is 0 Å². The predicted molar refractivity (Wildman–Crippen MR) is 77.7 cm³/mol. The lowest BCUT2D eigenvalue weighted by Gasteiger charge is -2.43. The second kappa shape index (κ2) is 6.22. The Morgan fingerprint density at radius 3 is 2.95 bits per heavy atom. The van der Waals surface area contributed by atoms with Gasteiger partial charge in [-0.25, -0.2) is 9.78 Å². The molecule has 1 aliphatic rings. The highest BCUT2D eigenvalue weighted by Crippen LogP contribution is 2.24. The van der Waals surface area contributed by atoms with Crippen molar-refractivity contribution in [2.75, 3.05) is 20.2 Å². The maximum atomic E-state index is 12.1. The first-order valence-corrected chi connectivity index (χ1v) is 7.09. The molecule has 1 aromatic heterocycles. The van der Waals surface area contributed by atoms with Crippen LogP contribution in [0.25, 0.3) is 0 Å². The molecule has 1 fully saturated rings. The second-order valence-electron chi connectivity index (χ2n) is 5.31. The molecule has 21 heavy (non-hydrogen) atoms. The number of esters is 1. The summed E-state index contributed by atoms with van der Waals surface area (Å²) in [5.74, 6) is -0.410. The summed E-state index contributed by atoms with van der Waals surface area (Å²) >= 11 is 0. The average Bonchev–Trinajstić information content (AvgIpc) is 2.51. The number of ether oxygens (including phenoxy) is 1. The summed E-state index contributed by atoms with van der Waals surface area (Å²) in [6, 6.07) is 5.26. The van der Waals surface area contributed by atoms with Crippen LogP contribution in [0.3, 0.4) is 0 Å². The molecule has 6 nitrogen and oxygen atoms in total. The van der Waals surface area contributed by atoms with Gasteiger partial charge in [0.2, 0.25) is 5.91 Å². The molecule has 1 aromatic rings. The fourth-order valence-electron chi connectivity index (χ4n) is 2.50. The van der Waals surface area contributed by atoms with E-state index in [9.17, 15) is 9.59 Å². The van der Waals surface area contributed by atoms with E-state index >= 15 is 0 Å². The van der Waals surface area contributed by atoms with Crippen molar-refractivity contribution >= 4 is 11.9 Å². The van der Waals surface area contributed by atoms with Gasteiger partial charge in [0.25, 0.3) is 0 Å². The van der Waals surface area contributed by atoms with Crippen LogP contribution in [-0.2, 0) is 16.1 Å². The Bertz CT molecular complexity index is 547. The van der Waals surface area contributed by atoms with Gasteiger partial charge >= 0.3 is 5.97 Å². The van der Waals surface area contributed by atoms with Gasteiger partial charge in [-0.3, -0.25) is 9.69 Å². The third-order valence-corrected chi connectivity index (χ3v) is 4.10. The Hall–Kier alpha value is -1.95. The number of hydrogen-bond acceptors (Lipinski definition) is 5. The van der Waals surface area contributed by atoms with E-state index in [0.717, 1.165) is 18.7 Å². The first-order valence-electron chi connectivity index (χ1n) is 7.09. The molecule has 0 aliphatic carbocycles. The molecule has 1 N–H and O–H groups in total. The summed E-state index contributed by atoms with van der Waals surface area (Å²) in [7, 11) is 1.33. The minimum atomic E-state index is -0.540. The van der Waals surface area contributed by atoms with E-state index in [1.54, 1.807) is 12.1 Å². The monoisotopic (exact) mass is 291 g/mol. The molecule has 0 saturated carbocycles. The van der Waals surface area contributed by atoms with Gasteiger partial charge in [0.05, 0.1) is 18.3 Å². The van der Waals surface area contributed by atoms with Crippen LogP contribution >= 0.6 is 0 Å². The molecular weight excluding hydrogens is 270 g/mol. The highest BCUT2D eigenvalue weighted by Gasteiger charge is 2.40. The maximum Gasteiger partial charge on any atom is 0.356 e. The fraction of sp³-hybridized carbons (Fsp3) is 0.533. The van der Waals surface area contributed by atoms with Crippen molar-refractivity contribution in [1.29, 1.82) is 0 Å². The van der Waals surface area contributed by atoms with Crippen LogP contribution in [0.5, 0.6) is 0 Å². The molecular formula is C15H21N3O3. The van der Waals surface area contributed by atoms with E-state index in [1.165, 1.54) is 7.11 Å². The Labute approximate surface area is 124 Å². The smallest absolute Gasteiger partial charge is 0.356 e. The number of carbonyl (C=O) groups excluding carboxylic acids is 2. The summed E-state index contributed by atoms with van der Waals surface area (Å²) in [6.45, 7) is 5.86. The van der Waals surface area contributed by atoms with Crippen LogP contribution in [0.4, 0.5) is 0 Å². The Kier molecular flexibility index (Phi) is 4.57. The zero-order valence-electron chi connectivity index (χ0n) is 12.7. The highest BCUT2D eigenvalue weighted by atomic mass is 16.5. The topological polar surface area (TPSA) is 71.5 Å². The van der Waals surface area contributed by atoms with E-state index in [1.807, 2.05) is 19.9 Å². The van der Waals surface area contributed by atoms with E-state index in [0.29, 0.717) is 13.1 Å². The Morgan fingerprint density at radius 1 is 1.52 bits per heavy atom. The zero-order chi connectivity index (χ0) is 15.5. The number of amides is 1. The van der Waals surface area contributed by atoms with Crippen LogP contribution < -0.4 is 5.32 Å². The lowest BCUT2D eigenvalue weighted by molar-refractivity contribution is -0.137. The Balaban J connectivity index is 2.20. The molecule has 1 aliphatic heterocycles. The first-order chi connectivity index (χ1) is 10.0. The fourth-order valence-corrected chi connectivity index (χ4v) is 2.50. The third-order valence-electron chi connectivity index (χ3n) is 4.10. The first kappa shape index (κ1) is 15.4. The lowest BCUT2D eigenvalue weighted by atomic mass is 9.92. The summed E-state index contributed by atoms with van der Waals surface area (Å²) in [4.78, 5) is 30.1. The van der Waals surface area contributed by atoms with Gasteiger partial charge in [0.15, 0.2) is 0 Å². The third kappa shape index (κ3) is 3.05. The number of methoxy groups -OCH3 is 1. The van der Waals surface area contributed by atoms with Crippen molar-refractivity contribution in [2.24, 2.45) is 0 Å². The van der Waals surface area contributed by atoms with Gasteiger partial charge < -0.3 is 10.1 Å². The molecule has 2 rings (SSSR count). The standard InChI is InChI=1S/C15H21N3O3/c1-4-15(2)14(20)16-8-9-18(15)10-11-6-5-7-12(17-11)13(19)21-3/h5-7H,4,8-10H2,1-3H3,(H,16,20)/t15-/m1/s1. The summed E-state index contributed by atoms with van der Waals surface area (Å²) in [5.41, 5.74) is 0.503. The van der Waals surface area contributed by atoms with Gasteiger partial charge in [-0.05, 0) is 25.5 Å². The molecule has 0 bridgehead atoms. The molecule has 114 valence electrons. The number of aromatic nitrogens is 1. The van der Waals surface area contributed by atoms with E-state index in [2.05, 4.69) is 19.9 Å². The molecule has 0 aromatic carbocycles. The van der Waals surface area contributed by atoms with Gasteiger partial charge in [0.1, 0.15) is 5.69 Å². The maximum absolute atomic E-state index is 12.1. The zero-order valence-corrected chi connectivity index (χ0v) is 12.7. The van der Waals surface area contributed by atoms with Gasteiger partial charge in [-0.2, -0.15) is 0 Å². The normalized spacial score (nSPS) is 22.7. The van der Waals surface area contributed by atoms with Crippen molar-refractivity contribution in [2.45, 2.75) is 32.4 Å². The molecule has 0 spiro atoms.